The lowest BCUT2D eigenvalue weighted by Gasteiger charge is -2.18. The van der Waals surface area contributed by atoms with Gasteiger partial charge in [-0.1, -0.05) is 10.3 Å². The maximum absolute atomic E-state index is 12.0. The molecule has 0 radical (unpaired) electrons. The summed E-state index contributed by atoms with van der Waals surface area (Å²) in [5.41, 5.74) is 1.77. The first-order valence-electron chi connectivity index (χ1n) is 8.30. The van der Waals surface area contributed by atoms with Crippen LogP contribution in [0.3, 0.4) is 0 Å². The highest BCUT2D eigenvalue weighted by Crippen LogP contribution is 2.23. The molecule has 0 aromatic carbocycles. The Bertz CT molecular complexity index is 747. The van der Waals surface area contributed by atoms with Crippen LogP contribution in [0.4, 0.5) is 0 Å². The molecule has 3 rings (SSSR count). The van der Waals surface area contributed by atoms with Gasteiger partial charge in [-0.15, -0.1) is 0 Å². The van der Waals surface area contributed by atoms with Gasteiger partial charge in [0.15, 0.2) is 5.82 Å². The van der Waals surface area contributed by atoms with Crippen molar-refractivity contribution in [1.29, 1.82) is 0 Å². The second-order valence-corrected chi connectivity index (χ2v) is 6.17. The largest absolute Gasteiger partial charge is 0.361 e. The van der Waals surface area contributed by atoms with Gasteiger partial charge in [0.2, 0.25) is 17.7 Å². The smallest absolute Gasteiger partial charge is 0.246 e. The van der Waals surface area contributed by atoms with Gasteiger partial charge in [0.05, 0.1) is 12.2 Å². The van der Waals surface area contributed by atoms with Crippen LogP contribution in [0.1, 0.15) is 53.9 Å². The summed E-state index contributed by atoms with van der Waals surface area (Å²) in [4.78, 5) is 27.7. The summed E-state index contributed by atoms with van der Waals surface area (Å²) in [7, 11) is 0. The van der Waals surface area contributed by atoms with Gasteiger partial charge in [-0.25, -0.2) is 0 Å². The van der Waals surface area contributed by atoms with Crippen molar-refractivity contribution >= 4 is 11.8 Å². The molecule has 1 unspecified atom stereocenters. The minimum absolute atomic E-state index is 0.00442. The van der Waals surface area contributed by atoms with Crippen LogP contribution in [0.25, 0.3) is 0 Å². The number of aryl methyl sites for hydroxylation is 2. The monoisotopic (exact) mass is 347 g/mol. The van der Waals surface area contributed by atoms with Crippen molar-refractivity contribution in [3.05, 3.63) is 28.7 Å². The minimum Gasteiger partial charge on any atom is -0.361 e. The number of rotatable bonds is 6. The molecule has 2 N–H and O–H groups in total. The molecule has 2 aromatic heterocycles. The molecule has 1 fully saturated rings. The molecule has 0 bridgehead atoms. The van der Waals surface area contributed by atoms with Gasteiger partial charge in [-0.3, -0.25) is 9.59 Å². The second kappa shape index (κ2) is 7.45. The summed E-state index contributed by atoms with van der Waals surface area (Å²) in [6.45, 7) is 4.48. The van der Waals surface area contributed by atoms with Gasteiger partial charge in [-0.05, 0) is 26.7 Å². The quantitative estimate of drug-likeness (QED) is 0.796. The Balaban J connectivity index is 1.47. The second-order valence-electron chi connectivity index (χ2n) is 6.17. The Morgan fingerprint density at radius 1 is 1.32 bits per heavy atom. The number of carbonyl (C=O) groups excluding carboxylic acids is 2. The van der Waals surface area contributed by atoms with Crippen LogP contribution in [0.5, 0.6) is 0 Å². The zero-order valence-corrected chi connectivity index (χ0v) is 14.3. The molecule has 1 aliphatic rings. The van der Waals surface area contributed by atoms with Crippen molar-refractivity contribution in [2.24, 2.45) is 0 Å². The minimum atomic E-state index is -0.114. The molecule has 9 heteroatoms. The fourth-order valence-corrected chi connectivity index (χ4v) is 2.87. The lowest BCUT2D eigenvalue weighted by molar-refractivity contribution is -0.123. The fraction of sp³-hybridized carbons (Fsp3) is 0.562. The van der Waals surface area contributed by atoms with Crippen molar-refractivity contribution in [1.82, 2.24) is 25.9 Å². The Morgan fingerprint density at radius 2 is 2.16 bits per heavy atom. The van der Waals surface area contributed by atoms with E-state index in [1.54, 1.807) is 0 Å². The number of nitrogens with zero attached hydrogens (tertiary/aromatic N) is 3. The number of amides is 2. The van der Waals surface area contributed by atoms with Crippen LogP contribution in [0.15, 0.2) is 9.05 Å². The lowest BCUT2D eigenvalue weighted by atomic mass is 9.97. The van der Waals surface area contributed by atoms with E-state index in [9.17, 15) is 9.59 Å². The van der Waals surface area contributed by atoms with Crippen LogP contribution in [-0.4, -0.2) is 33.7 Å². The molecule has 1 atom stereocenters. The molecule has 2 aromatic rings. The van der Waals surface area contributed by atoms with Gasteiger partial charge in [-0.2, -0.15) is 4.98 Å². The highest BCUT2D eigenvalue weighted by molar-refractivity contribution is 5.77. The van der Waals surface area contributed by atoms with Crippen LogP contribution in [-0.2, 0) is 22.6 Å². The number of nitrogens with one attached hydrogen (secondary N) is 2. The van der Waals surface area contributed by atoms with E-state index >= 15 is 0 Å². The molecule has 3 heterocycles. The maximum Gasteiger partial charge on any atom is 0.246 e. The third-order valence-electron chi connectivity index (χ3n) is 4.32. The Labute approximate surface area is 144 Å². The van der Waals surface area contributed by atoms with E-state index in [0.29, 0.717) is 37.5 Å². The van der Waals surface area contributed by atoms with E-state index in [4.69, 9.17) is 9.05 Å². The Hall–Kier alpha value is -2.71. The molecular formula is C16H21N5O4. The molecule has 1 aliphatic heterocycles. The van der Waals surface area contributed by atoms with E-state index in [-0.39, 0.29) is 24.3 Å². The standard InChI is InChI=1S/C16H21N5O4/c1-9-12(10(2)24-20-9)3-4-13(22)18-8-15-19-16(21-25-15)11-5-6-17-14(23)7-11/h11H,3-8H2,1-2H3,(H,17,23)(H,18,22). The lowest BCUT2D eigenvalue weighted by Crippen LogP contribution is -2.32. The average Bonchev–Trinajstić information content (AvgIpc) is 3.19. The summed E-state index contributed by atoms with van der Waals surface area (Å²) in [5.74, 6) is 1.46. The number of aromatic nitrogens is 3. The van der Waals surface area contributed by atoms with Crippen molar-refractivity contribution in [3.63, 3.8) is 0 Å². The molecule has 9 nitrogen and oxygen atoms in total. The summed E-state index contributed by atoms with van der Waals surface area (Å²) >= 11 is 0. The van der Waals surface area contributed by atoms with Crippen molar-refractivity contribution in [2.45, 2.75) is 52.0 Å². The van der Waals surface area contributed by atoms with Gasteiger partial charge >= 0.3 is 0 Å². The van der Waals surface area contributed by atoms with Gasteiger partial charge in [0.1, 0.15) is 5.76 Å². The summed E-state index contributed by atoms with van der Waals surface area (Å²) in [5, 5.41) is 13.3. The van der Waals surface area contributed by atoms with E-state index < -0.39 is 0 Å². The molecule has 134 valence electrons. The zero-order chi connectivity index (χ0) is 17.8. The third kappa shape index (κ3) is 4.23. The SMILES string of the molecule is Cc1noc(C)c1CCC(=O)NCc1nc(C2CCNC(=O)C2)no1. The Morgan fingerprint density at radius 3 is 2.88 bits per heavy atom. The molecule has 0 spiro atoms. The fourth-order valence-electron chi connectivity index (χ4n) is 2.87. The van der Waals surface area contributed by atoms with E-state index in [1.165, 1.54) is 0 Å². The highest BCUT2D eigenvalue weighted by atomic mass is 16.5. The van der Waals surface area contributed by atoms with Crippen LogP contribution < -0.4 is 10.6 Å². The highest BCUT2D eigenvalue weighted by Gasteiger charge is 2.25. The molecule has 2 amide bonds. The van der Waals surface area contributed by atoms with Gasteiger partial charge in [0.25, 0.3) is 0 Å². The van der Waals surface area contributed by atoms with Gasteiger partial charge < -0.3 is 19.7 Å². The van der Waals surface area contributed by atoms with E-state index in [2.05, 4.69) is 25.9 Å². The first-order valence-corrected chi connectivity index (χ1v) is 8.30. The third-order valence-corrected chi connectivity index (χ3v) is 4.32. The Kier molecular flexibility index (Phi) is 5.11. The first kappa shape index (κ1) is 17.1. The van der Waals surface area contributed by atoms with Crippen LogP contribution in [0.2, 0.25) is 0 Å². The summed E-state index contributed by atoms with van der Waals surface area (Å²) in [6.07, 6.45) is 2.04. The normalized spacial score (nSPS) is 17.4. The predicted octanol–water partition coefficient (Wildman–Crippen LogP) is 0.917. The zero-order valence-electron chi connectivity index (χ0n) is 14.3. The maximum atomic E-state index is 12.0. The van der Waals surface area contributed by atoms with Crippen LogP contribution in [0, 0.1) is 13.8 Å². The average molecular weight is 347 g/mol. The summed E-state index contributed by atoms with van der Waals surface area (Å²) in [6, 6.07) is 0. The molecular weight excluding hydrogens is 326 g/mol. The van der Waals surface area contributed by atoms with E-state index in [0.717, 1.165) is 23.4 Å². The predicted molar refractivity (Wildman–Crippen MR) is 85.4 cm³/mol. The molecule has 25 heavy (non-hydrogen) atoms. The molecule has 1 saturated heterocycles. The van der Waals surface area contributed by atoms with Gasteiger partial charge in [0, 0.05) is 30.9 Å². The van der Waals surface area contributed by atoms with Crippen molar-refractivity contribution in [2.75, 3.05) is 6.54 Å². The van der Waals surface area contributed by atoms with Crippen molar-refractivity contribution < 1.29 is 18.6 Å². The number of hydrogen-bond acceptors (Lipinski definition) is 7. The molecule has 0 aliphatic carbocycles. The first-order chi connectivity index (χ1) is 12.0. The van der Waals surface area contributed by atoms with Crippen LogP contribution >= 0.6 is 0 Å². The summed E-state index contributed by atoms with van der Waals surface area (Å²) < 4.78 is 10.2. The topological polar surface area (TPSA) is 123 Å². The molecule has 0 saturated carbocycles. The van der Waals surface area contributed by atoms with Crippen molar-refractivity contribution in [3.8, 4) is 0 Å². The number of hydrogen-bond donors (Lipinski definition) is 2. The van der Waals surface area contributed by atoms with E-state index in [1.807, 2.05) is 13.8 Å². The number of carbonyl (C=O) groups is 2. The number of piperidine rings is 1.